The van der Waals surface area contributed by atoms with Gasteiger partial charge in [0.2, 0.25) is 0 Å². The minimum atomic E-state index is -1.55. The highest BCUT2D eigenvalue weighted by Gasteiger charge is 2.32. The van der Waals surface area contributed by atoms with Crippen LogP contribution in [0.1, 0.15) is 17.9 Å². The first-order valence-corrected chi connectivity index (χ1v) is 4.92. The number of hydrogen-bond donors (Lipinski definition) is 1. The van der Waals surface area contributed by atoms with E-state index in [0.29, 0.717) is 16.9 Å². The van der Waals surface area contributed by atoms with E-state index < -0.39 is 18.3 Å². The number of aromatic nitrogens is 1. The molecule has 1 N–H and O–H groups in total. The fourth-order valence-electron chi connectivity index (χ4n) is 1.77. The maximum atomic E-state index is 13.9. The van der Waals surface area contributed by atoms with E-state index in [-0.39, 0.29) is 0 Å². The largest absolute Gasteiger partial charge is 0.465 e. The van der Waals surface area contributed by atoms with Crippen LogP contribution in [-0.2, 0) is 0 Å². The van der Waals surface area contributed by atoms with Gasteiger partial charge in [-0.25, -0.2) is 9.18 Å². The first-order chi connectivity index (χ1) is 7.70. The molecule has 2 unspecified atom stereocenters. The summed E-state index contributed by atoms with van der Waals surface area (Å²) in [4.78, 5) is 15.3. The molecule has 1 aliphatic heterocycles. The van der Waals surface area contributed by atoms with Crippen molar-refractivity contribution in [2.24, 2.45) is 0 Å². The number of nitrogens with zero attached hydrogens (tertiary/aromatic N) is 2. The summed E-state index contributed by atoms with van der Waals surface area (Å²) in [5, 5.41) is 8.79. The van der Waals surface area contributed by atoms with E-state index in [4.69, 9.17) is 5.11 Å². The lowest BCUT2D eigenvalue weighted by atomic mass is 9.93. The van der Waals surface area contributed by atoms with E-state index in [2.05, 4.69) is 4.98 Å². The molecule has 2 rings (SSSR count). The molecule has 1 aromatic heterocycles. The van der Waals surface area contributed by atoms with Gasteiger partial charge in [0.05, 0.1) is 0 Å². The highest BCUT2D eigenvalue weighted by atomic mass is 19.1. The Bertz CT molecular complexity index is 408. The van der Waals surface area contributed by atoms with E-state index in [0.717, 1.165) is 0 Å². The summed E-state index contributed by atoms with van der Waals surface area (Å²) in [6, 6.07) is 3.47. The number of hydrogen-bond acceptors (Lipinski definition) is 2. The van der Waals surface area contributed by atoms with Crippen LogP contribution >= 0.6 is 0 Å². The molecule has 2 atom stereocenters. The van der Waals surface area contributed by atoms with Crippen LogP contribution in [0.2, 0.25) is 0 Å². The van der Waals surface area contributed by atoms with Crippen LogP contribution in [-0.4, -0.2) is 27.4 Å². The molecular weight excluding hydrogens is 211 g/mol. The number of halogens is 1. The van der Waals surface area contributed by atoms with Crippen molar-refractivity contribution in [1.82, 2.24) is 9.88 Å². The summed E-state index contributed by atoms with van der Waals surface area (Å²) in [5.74, 6) is -0.477. The Morgan fingerprint density at radius 3 is 3.06 bits per heavy atom. The topological polar surface area (TPSA) is 53.4 Å². The van der Waals surface area contributed by atoms with Crippen molar-refractivity contribution in [3.05, 3.63) is 42.4 Å². The minimum absolute atomic E-state index is 0.477. The van der Waals surface area contributed by atoms with Gasteiger partial charge in [-0.3, -0.25) is 9.88 Å². The molecule has 0 saturated carbocycles. The molecule has 16 heavy (non-hydrogen) atoms. The standard InChI is InChI=1S/C11H11FN2O2/c12-10-9(8-3-1-5-13-7-8)4-2-6-14(10)11(15)16/h1-3,5-7,9-10H,4H2,(H,15,16). The summed E-state index contributed by atoms with van der Waals surface area (Å²) >= 11 is 0. The van der Waals surface area contributed by atoms with Crippen LogP contribution in [0.15, 0.2) is 36.8 Å². The number of pyridine rings is 1. The van der Waals surface area contributed by atoms with Crippen molar-refractivity contribution in [1.29, 1.82) is 0 Å². The number of carboxylic acid groups (broad SMARTS) is 1. The van der Waals surface area contributed by atoms with Crippen molar-refractivity contribution in [3.8, 4) is 0 Å². The SMILES string of the molecule is O=C(O)N1C=CCC(c2cccnc2)C1F. The van der Waals surface area contributed by atoms with Crippen LogP contribution in [0.4, 0.5) is 9.18 Å². The van der Waals surface area contributed by atoms with Gasteiger partial charge in [0, 0.05) is 24.5 Å². The zero-order valence-electron chi connectivity index (χ0n) is 8.45. The number of amides is 1. The molecule has 84 valence electrons. The van der Waals surface area contributed by atoms with Gasteiger partial charge in [0.25, 0.3) is 0 Å². The van der Waals surface area contributed by atoms with E-state index in [9.17, 15) is 9.18 Å². The number of carbonyl (C=O) groups is 1. The Hall–Kier alpha value is -1.91. The van der Waals surface area contributed by atoms with Crippen molar-refractivity contribution in [2.75, 3.05) is 0 Å². The maximum absolute atomic E-state index is 13.9. The number of allylic oxidation sites excluding steroid dienone is 1. The van der Waals surface area contributed by atoms with Crippen molar-refractivity contribution < 1.29 is 14.3 Å². The molecule has 1 aromatic rings. The molecular formula is C11H11FN2O2. The third-order valence-corrected chi connectivity index (χ3v) is 2.59. The van der Waals surface area contributed by atoms with Gasteiger partial charge in [-0.15, -0.1) is 0 Å². The van der Waals surface area contributed by atoms with E-state index in [1.54, 1.807) is 30.6 Å². The van der Waals surface area contributed by atoms with Crippen LogP contribution in [0.25, 0.3) is 0 Å². The predicted molar refractivity (Wildman–Crippen MR) is 55.5 cm³/mol. The smallest absolute Gasteiger partial charge is 0.413 e. The zero-order valence-corrected chi connectivity index (χ0v) is 8.45. The number of rotatable bonds is 1. The van der Waals surface area contributed by atoms with Gasteiger partial charge in [-0.1, -0.05) is 12.1 Å². The molecule has 0 aromatic carbocycles. The summed E-state index contributed by atoms with van der Waals surface area (Å²) in [5.41, 5.74) is 0.714. The summed E-state index contributed by atoms with van der Waals surface area (Å²) < 4.78 is 13.9. The highest BCUT2D eigenvalue weighted by Crippen LogP contribution is 2.31. The quantitative estimate of drug-likeness (QED) is 0.742. The molecule has 0 saturated heterocycles. The van der Waals surface area contributed by atoms with Gasteiger partial charge >= 0.3 is 6.09 Å². The lowest BCUT2D eigenvalue weighted by molar-refractivity contribution is 0.0801. The average molecular weight is 222 g/mol. The summed E-state index contributed by atoms with van der Waals surface area (Å²) in [6.45, 7) is 0. The molecule has 0 fully saturated rings. The molecule has 0 radical (unpaired) electrons. The van der Waals surface area contributed by atoms with Crippen molar-refractivity contribution >= 4 is 6.09 Å². The molecule has 1 amide bonds. The van der Waals surface area contributed by atoms with Gasteiger partial charge in [0.1, 0.15) is 0 Å². The monoisotopic (exact) mass is 222 g/mol. The Morgan fingerprint density at radius 2 is 2.44 bits per heavy atom. The van der Waals surface area contributed by atoms with E-state index >= 15 is 0 Å². The van der Waals surface area contributed by atoms with Gasteiger partial charge < -0.3 is 5.11 Å². The fourth-order valence-corrected chi connectivity index (χ4v) is 1.77. The van der Waals surface area contributed by atoms with Crippen molar-refractivity contribution in [3.63, 3.8) is 0 Å². The zero-order chi connectivity index (χ0) is 11.5. The highest BCUT2D eigenvalue weighted by molar-refractivity contribution is 5.67. The normalized spacial score (nSPS) is 24.4. The molecule has 0 aliphatic carbocycles. The molecule has 0 spiro atoms. The molecule has 5 heteroatoms. The third-order valence-electron chi connectivity index (χ3n) is 2.59. The average Bonchev–Trinajstić information content (AvgIpc) is 2.30. The summed E-state index contributed by atoms with van der Waals surface area (Å²) in [7, 11) is 0. The molecule has 1 aliphatic rings. The fraction of sp³-hybridized carbons (Fsp3) is 0.273. The maximum Gasteiger partial charge on any atom is 0.413 e. The molecule has 0 bridgehead atoms. The van der Waals surface area contributed by atoms with E-state index in [1.165, 1.54) is 6.20 Å². The van der Waals surface area contributed by atoms with Crippen LogP contribution < -0.4 is 0 Å². The Kier molecular flexibility index (Phi) is 2.85. The second-order valence-electron chi connectivity index (χ2n) is 3.58. The number of alkyl halides is 1. The predicted octanol–water partition coefficient (Wildman–Crippen LogP) is 2.36. The Labute approximate surface area is 92.0 Å². The van der Waals surface area contributed by atoms with Gasteiger partial charge in [-0.2, -0.15) is 0 Å². The van der Waals surface area contributed by atoms with Gasteiger partial charge in [0.15, 0.2) is 6.30 Å². The Balaban J connectivity index is 2.25. The van der Waals surface area contributed by atoms with Gasteiger partial charge in [-0.05, 0) is 18.1 Å². The lowest BCUT2D eigenvalue weighted by Gasteiger charge is -2.30. The second-order valence-corrected chi connectivity index (χ2v) is 3.58. The van der Waals surface area contributed by atoms with E-state index in [1.807, 2.05) is 0 Å². The Morgan fingerprint density at radius 1 is 1.62 bits per heavy atom. The van der Waals surface area contributed by atoms with Crippen LogP contribution in [0.3, 0.4) is 0 Å². The molecule has 4 nitrogen and oxygen atoms in total. The minimum Gasteiger partial charge on any atom is -0.465 e. The third kappa shape index (κ3) is 1.88. The first kappa shape index (κ1) is 10.6. The lowest BCUT2D eigenvalue weighted by Crippen LogP contribution is -2.38. The first-order valence-electron chi connectivity index (χ1n) is 4.92. The molecule has 2 heterocycles. The van der Waals surface area contributed by atoms with Crippen LogP contribution in [0.5, 0.6) is 0 Å². The summed E-state index contributed by atoms with van der Waals surface area (Å²) in [6.07, 6.45) is 3.74. The van der Waals surface area contributed by atoms with Crippen LogP contribution in [0, 0.1) is 0 Å². The van der Waals surface area contributed by atoms with Crippen molar-refractivity contribution in [2.45, 2.75) is 18.6 Å². The second kappa shape index (κ2) is 4.30.